The third-order valence-corrected chi connectivity index (χ3v) is 7.16. The molecule has 0 spiro atoms. The number of benzene rings is 1. The largest absolute Gasteiger partial charge is 0.291 e. The number of hydrogen-bond acceptors (Lipinski definition) is 3. The SMILES string of the molecule is CC1(C)Cc2c(C#N)c(NC3CCCCC3)[nH+]c(-c3ccccc3)c2CS1. The number of pyridine rings is 1. The molecule has 0 unspecified atom stereocenters. The number of fused-ring (bicyclic) bond motifs is 1. The number of H-pyrrole nitrogens is 1. The Morgan fingerprint density at radius 3 is 2.56 bits per heavy atom. The monoisotopic (exact) mass is 378 g/mol. The Balaban J connectivity index is 1.84. The van der Waals surface area contributed by atoms with Crippen LogP contribution in [-0.2, 0) is 12.2 Å². The Morgan fingerprint density at radius 2 is 1.85 bits per heavy atom. The first kappa shape index (κ1) is 18.4. The van der Waals surface area contributed by atoms with Gasteiger partial charge in [-0.15, -0.1) is 0 Å². The van der Waals surface area contributed by atoms with Crippen LogP contribution < -0.4 is 10.3 Å². The summed E-state index contributed by atoms with van der Waals surface area (Å²) in [5, 5.41) is 13.7. The van der Waals surface area contributed by atoms with E-state index in [2.05, 4.69) is 60.5 Å². The van der Waals surface area contributed by atoms with E-state index < -0.39 is 0 Å². The van der Waals surface area contributed by atoms with Crippen LogP contribution in [0.4, 0.5) is 5.82 Å². The molecule has 0 bridgehead atoms. The Bertz CT molecular complexity index is 861. The summed E-state index contributed by atoms with van der Waals surface area (Å²) in [6.45, 7) is 4.57. The van der Waals surface area contributed by atoms with Gasteiger partial charge in [0.05, 0.1) is 6.04 Å². The summed E-state index contributed by atoms with van der Waals surface area (Å²) >= 11 is 1.98. The molecule has 2 N–H and O–H groups in total. The molecule has 0 radical (unpaired) electrons. The molecule has 4 rings (SSSR count). The molecule has 0 amide bonds. The number of nitrogens with one attached hydrogen (secondary N) is 2. The van der Waals surface area contributed by atoms with Crippen LogP contribution in [0.15, 0.2) is 30.3 Å². The highest BCUT2D eigenvalue weighted by atomic mass is 32.2. The van der Waals surface area contributed by atoms with Gasteiger partial charge in [-0.3, -0.25) is 5.32 Å². The molecular weight excluding hydrogens is 350 g/mol. The normalized spacial score (nSPS) is 19.1. The molecule has 1 aromatic carbocycles. The highest BCUT2D eigenvalue weighted by molar-refractivity contribution is 7.99. The summed E-state index contributed by atoms with van der Waals surface area (Å²) in [5.41, 5.74) is 5.73. The second-order valence-electron chi connectivity index (χ2n) is 8.39. The molecule has 1 aliphatic carbocycles. The molecule has 1 saturated carbocycles. The number of aromatic nitrogens is 1. The van der Waals surface area contributed by atoms with Crippen molar-refractivity contribution in [3.8, 4) is 17.3 Å². The van der Waals surface area contributed by atoms with Gasteiger partial charge >= 0.3 is 0 Å². The number of hydrogen-bond donors (Lipinski definition) is 1. The molecule has 1 aliphatic heterocycles. The molecular formula is C23H28N3S+. The van der Waals surface area contributed by atoms with Crippen LogP contribution in [-0.4, -0.2) is 10.8 Å². The van der Waals surface area contributed by atoms with Gasteiger partial charge in [0.25, 0.3) is 5.82 Å². The number of nitriles is 1. The van der Waals surface area contributed by atoms with Gasteiger partial charge in [-0.25, -0.2) is 4.98 Å². The molecule has 0 saturated heterocycles. The van der Waals surface area contributed by atoms with E-state index in [0.717, 1.165) is 23.6 Å². The minimum absolute atomic E-state index is 0.163. The Hall–Kier alpha value is -1.99. The van der Waals surface area contributed by atoms with E-state index in [1.807, 2.05) is 11.8 Å². The summed E-state index contributed by atoms with van der Waals surface area (Å²) in [6.07, 6.45) is 7.21. The Morgan fingerprint density at radius 1 is 1.11 bits per heavy atom. The van der Waals surface area contributed by atoms with Crippen molar-refractivity contribution in [1.29, 1.82) is 5.26 Å². The first-order valence-electron chi connectivity index (χ1n) is 10.0. The fourth-order valence-electron chi connectivity index (χ4n) is 4.35. The lowest BCUT2D eigenvalue weighted by Crippen LogP contribution is -2.32. The lowest BCUT2D eigenvalue weighted by molar-refractivity contribution is -0.349. The summed E-state index contributed by atoms with van der Waals surface area (Å²) in [7, 11) is 0. The minimum atomic E-state index is 0.163. The van der Waals surface area contributed by atoms with E-state index in [4.69, 9.17) is 0 Å². The Labute approximate surface area is 166 Å². The number of nitrogens with zero attached hydrogens (tertiary/aromatic N) is 1. The fraction of sp³-hybridized carbons (Fsp3) is 0.478. The van der Waals surface area contributed by atoms with Crippen molar-refractivity contribution in [2.75, 3.05) is 5.32 Å². The number of thioether (sulfide) groups is 1. The van der Waals surface area contributed by atoms with Crippen molar-refractivity contribution in [2.45, 2.75) is 68.9 Å². The highest BCUT2D eigenvalue weighted by Gasteiger charge is 2.34. The first-order chi connectivity index (χ1) is 13.1. The maximum absolute atomic E-state index is 10.0. The second kappa shape index (κ2) is 7.56. The molecule has 1 aromatic heterocycles. The van der Waals surface area contributed by atoms with Crippen LogP contribution in [0.1, 0.15) is 62.6 Å². The van der Waals surface area contributed by atoms with E-state index in [0.29, 0.717) is 6.04 Å². The van der Waals surface area contributed by atoms with Crippen molar-refractivity contribution >= 4 is 17.6 Å². The van der Waals surface area contributed by atoms with Crippen molar-refractivity contribution in [2.24, 2.45) is 0 Å². The third-order valence-electron chi connectivity index (χ3n) is 5.81. The molecule has 2 heterocycles. The average molecular weight is 379 g/mol. The highest BCUT2D eigenvalue weighted by Crippen LogP contribution is 2.43. The number of anilines is 1. The van der Waals surface area contributed by atoms with E-state index in [1.54, 1.807) is 0 Å². The van der Waals surface area contributed by atoms with Crippen molar-refractivity contribution in [3.63, 3.8) is 0 Å². The average Bonchev–Trinajstić information content (AvgIpc) is 2.68. The smallest absolute Gasteiger partial charge is 0.271 e. The maximum atomic E-state index is 10.0. The maximum Gasteiger partial charge on any atom is 0.291 e. The van der Waals surface area contributed by atoms with Gasteiger partial charge in [0.1, 0.15) is 17.3 Å². The molecule has 1 fully saturated rings. The van der Waals surface area contributed by atoms with Crippen LogP contribution in [0.3, 0.4) is 0 Å². The van der Waals surface area contributed by atoms with Crippen molar-refractivity contribution < 1.29 is 4.98 Å². The van der Waals surface area contributed by atoms with Gasteiger partial charge < -0.3 is 0 Å². The van der Waals surface area contributed by atoms with Crippen molar-refractivity contribution in [3.05, 3.63) is 47.0 Å². The van der Waals surface area contributed by atoms with Gasteiger partial charge in [-0.05, 0) is 37.7 Å². The van der Waals surface area contributed by atoms with E-state index >= 15 is 0 Å². The second-order valence-corrected chi connectivity index (χ2v) is 10.1. The first-order valence-corrected chi connectivity index (χ1v) is 11.0. The van der Waals surface area contributed by atoms with E-state index in [-0.39, 0.29) is 4.75 Å². The molecule has 27 heavy (non-hydrogen) atoms. The van der Waals surface area contributed by atoms with Gasteiger partial charge in [0.2, 0.25) is 0 Å². The molecule has 2 aromatic rings. The van der Waals surface area contributed by atoms with E-state index in [9.17, 15) is 5.26 Å². The van der Waals surface area contributed by atoms with Gasteiger partial charge in [0, 0.05) is 21.6 Å². The van der Waals surface area contributed by atoms with E-state index in [1.165, 1.54) is 54.5 Å². The minimum Gasteiger partial charge on any atom is -0.271 e. The van der Waals surface area contributed by atoms with Crippen LogP contribution in [0.5, 0.6) is 0 Å². The third kappa shape index (κ3) is 3.84. The quantitative estimate of drug-likeness (QED) is 0.783. The number of aromatic amines is 1. The fourth-order valence-corrected chi connectivity index (χ4v) is 5.45. The molecule has 140 valence electrons. The predicted octanol–water partition coefficient (Wildman–Crippen LogP) is 5.35. The van der Waals surface area contributed by atoms with Gasteiger partial charge in [-0.1, -0.05) is 50.6 Å². The van der Waals surface area contributed by atoms with Gasteiger partial charge in [0.15, 0.2) is 0 Å². The molecule has 2 aliphatic rings. The zero-order valence-electron chi connectivity index (χ0n) is 16.3. The summed E-state index contributed by atoms with van der Waals surface area (Å²) < 4.78 is 0.163. The predicted molar refractivity (Wildman–Crippen MR) is 113 cm³/mol. The Kier molecular flexibility index (Phi) is 5.14. The zero-order chi connectivity index (χ0) is 18.9. The van der Waals surface area contributed by atoms with Crippen LogP contribution in [0, 0.1) is 11.3 Å². The van der Waals surface area contributed by atoms with Crippen molar-refractivity contribution in [1.82, 2.24) is 0 Å². The molecule has 4 heteroatoms. The number of rotatable bonds is 3. The summed E-state index contributed by atoms with van der Waals surface area (Å²) in [5.74, 6) is 1.87. The van der Waals surface area contributed by atoms with Crippen LogP contribution in [0.2, 0.25) is 0 Å². The zero-order valence-corrected chi connectivity index (χ0v) is 17.1. The summed E-state index contributed by atoms with van der Waals surface area (Å²) in [6, 6.07) is 13.5. The van der Waals surface area contributed by atoms with Crippen LogP contribution >= 0.6 is 11.8 Å². The standard InChI is InChI=1S/C23H27N3S/c1-23(2)13-18-19(14-24)22(25-17-11-7-4-8-12-17)26-21(20(18)15-27-23)16-9-5-3-6-10-16/h3,5-6,9-10,17H,4,7-8,11-13,15H2,1-2H3,(H,25,26)/p+1. The lowest BCUT2D eigenvalue weighted by Gasteiger charge is -2.32. The van der Waals surface area contributed by atoms with Crippen LogP contribution in [0.25, 0.3) is 11.3 Å². The molecule has 3 nitrogen and oxygen atoms in total. The lowest BCUT2D eigenvalue weighted by atomic mass is 9.90. The summed E-state index contributed by atoms with van der Waals surface area (Å²) in [4.78, 5) is 3.64. The van der Waals surface area contributed by atoms with Gasteiger partial charge in [-0.2, -0.15) is 17.0 Å². The topological polar surface area (TPSA) is 50.0 Å². The molecule has 0 atom stereocenters.